The molecule has 110 valence electrons. The molecule has 0 saturated carbocycles. The molecule has 2 aromatic carbocycles. The Kier molecular flexibility index (Phi) is 3.59. The van der Waals surface area contributed by atoms with Gasteiger partial charge in [-0.2, -0.15) is 0 Å². The fourth-order valence-corrected chi connectivity index (χ4v) is 2.56. The van der Waals surface area contributed by atoms with Gasteiger partial charge < -0.3 is 5.32 Å². The molecule has 1 saturated heterocycles. The van der Waals surface area contributed by atoms with Crippen LogP contribution in [-0.2, 0) is 11.3 Å². The number of benzene rings is 2. The molecule has 1 aliphatic heterocycles. The third kappa shape index (κ3) is 3.19. The molecule has 21 heavy (non-hydrogen) atoms. The highest BCUT2D eigenvalue weighted by Crippen LogP contribution is 2.25. The summed E-state index contributed by atoms with van der Waals surface area (Å²) >= 11 is 0. The summed E-state index contributed by atoms with van der Waals surface area (Å²) in [7, 11) is 0. The van der Waals surface area contributed by atoms with E-state index in [-0.39, 0.29) is 5.91 Å². The van der Waals surface area contributed by atoms with Crippen LogP contribution < -0.4 is 10.6 Å². The van der Waals surface area contributed by atoms with Gasteiger partial charge in [-0.25, -0.2) is 8.78 Å². The Balaban J connectivity index is 1.62. The Labute approximate surface area is 121 Å². The van der Waals surface area contributed by atoms with E-state index in [4.69, 9.17) is 0 Å². The van der Waals surface area contributed by atoms with E-state index < -0.39 is 24.9 Å². The van der Waals surface area contributed by atoms with Crippen LogP contribution in [0.2, 0.25) is 0 Å². The fraction of sp³-hybridized carbons (Fsp3) is 0.312. The maximum Gasteiger partial charge on any atom is 0.262 e. The van der Waals surface area contributed by atoms with Crippen LogP contribution in [0.1, 0.15) is 12.0 Å². The summed E-state index contributed by atoms with van der Waals surface area (Å²) in [6, 6.07) is 13.0. The summed E-state index contributed by atoms with van der Waals surface area (Å²) in [6.45, 7) is -0.0888. The van der Waals surface area contributed by atoms with Crippen LogP contribution in [0.3, 0.4) is 0 Å². The molecule has 1 atom stereocenters. The Bertz CT molecular complexity index is 672. The fourth-order valence-electron chi connectivity index (χ4n) is 2.56. The Morgan fingerprint density at radius 3 is 2.71 bits per heavy atom. The second-order valence-corrected chi connectivity index (χ2v) is 5.39. The molecular weight excluding hydrogens is 274 g/mol. The molecule has 0 bridgehead atoms. The lowest BCUT2D eigenvalue weighted by Crippen LogP contribution is -2.40. The van der Waals surface area contributed by atoms with E-state index in [0.717, 1.165) is 16.3 Å². The highest BCUT2D eigenvalue weighted by molar-refractivity contribution is 5.84. The van der Waals surface area contributed by atoms with Crippen LogP contribution >= 0.6 is 0 Å². The van der Waals surface area contributed by atoms with Crippen LogP contribution in [0.25, 0.3) is 10.8 Å². The van der Waals surface area contributed by atoms with E-state index in [0.29, 0.717) is 6.54 Å². The van der Waals surface area contributed by atoms with Crippen LogP contribution in [0.5, 0.6) is 0 Å². The highest BCUT2D eigenvalue weighted by Gasteiger charge is 2.42. The summed E-state index contributed by atoms with van der Waals surface area (Å²) in [5.74, 6) is -3.16. The number of alkyl halides is 2. The Hall–Kier alpha value is -2.01. The first-order valence-electron chi connectivity index (χ1n) is 6.90. The number of rotatable bonds is 3. The zero-order chi connectivity index (χ0) is 14.9. The minimum absolute atomic E-state index is 0.341. The lowest BCUT2D eigenvalue weighted by atomic mass is 10.1. The predicted molar refractivity (Wildman–Crippen MR) is 77.1 cm³/mol. The minimum Gasteiger partial charge on any atom is -0.351 e. The van der Waals surface area contributed by atoms with Gasteiger partial charge in [-0.05, 0) is 22.4 Å². The van der Waals surface area contributed by atoms with Crippen molar-refractivity contribution in [2.75, 3.05) is 6.54 Å². The van der Waals surface area contributed by atoms with E-state index in [1.54, 1.807) is 0 Å². The molecule has 0 spiro atoms. The van der Waals surface area contributed by atoms with Crippen LogP contribution in [0.15, 0.2) is 42.5 Å². The average Bonchev–Trinajstić information content (AvgIpc) is 2.85. The number of carbonyl (C=O) groups excluding carboxylic acids is 1. The number of hydrogen-bond donors (Lipinski definition) is 2. The van der Waals surface area contributed by atoms with E-state index in [1.807, 2.05) is 42.5 Å². The molecule has 0 radical (unpaired) electrons. The van der Waals surface area contributed by atoms with Gasteiger partial charge in [0.2, 0.25) is 5.91 Å². The summed E-state index contributed by atoms with van der Waals surface area (Å²) in [6.07, 6.45) is -0.434. The van der Waals surface area contributed by atoms with Crippen molar-refractivity contribution in [3.8, 4) is 0 Å². The van der Waals surface area contributed by atoms with Crippen molar-refractivity contribution < 1.29 is 13.6 Å². The van der Waals surface area contributed by atoms with Crippen LogP contribution in [0.4, 0.5) is 8.78 Å². The third-order valence-electron chi connectivity index (χ3n) is 3.71. The van der Waals surface area contributed by atoms with Crippen molar-refractivity contribution in [3.05, 3.63) is 48.0 Å². The molecule has 5 heteroatoms. The normalized spacial score (nSPS) is 20.6. The molecule has 3 nitrogen and oxygen atoms in total. The SMILES string of the molecule is O=C(NCc1ccc2ccccc2c1)C1CC(F)(F)CN1. The first-order valence-corrected chi connectivity index (χ1v) is 6.90. The summed E-state index contributed by atoms with van der Waals surface area (Å²) < 4.78 is 26.1. The van der Waals surface area contributed by atoms with Gasteiger partial charge in [-0.15, -0.1) is 0 Å². The molecule has 2 aromatic rings. The first kappa shape index (κ1) is 13.9. The van der Waals surface area contributed by atoms with Crippen molar-refractivity contribution in [2.24, 2.45) is 0 Å². The largest absolute Gasteiger partial charge is 0.351 e. The van der Waals surface area contributed by atoms with E-state index in [9.17, 15) is 13.6 Å². The molecule has 3 rings (SSSR count). The lowest BCUT2D eigenvalue weighted by Gasteiger charge is -2.11. The van der Waals surface area contributed by atoms with Gasteiger partial charge in [-0.3, -0.25) is 10.1 Å². The monoisotopic (exact) mass is 290 g/mol. The second kappa shape index (κ2) is 5.41. The summed E-state index contributed by atoms with van der Waals surface area (Å²) in [5, 5.41) is 7.48. The zero-order valence-corrected chi connectivity index (χ0v) is 11.4. The van der Waals surface area contributed by atoms with Gasteiger partial charge in [-0.1, -0.05) is 36.4 Å². The van der Waals surface area contributed by atoms with Gasteiger partial charge >= 0.3 is 0 Å². The number of nitrogens with one attached hydrogen (secondary N) is 2. The summed E-state index contributed by atoms with van der Waals surface area (Å²) in [4.78, 5) is 11.9. The third-order valence-corrected chi connectivity index (χ3v) is 3.71. The Morgan fingerprint density at radius 1 is 1.24 bits per heavy atom. The van der Waals surface area contributed by atoms with Crippen molar-refractivity contribution in [1.82, 2.24) is 10.6 Å². The quantitative estimate of drug-likeness (QED) is 0.911. The average molecular weight is 290 g/mol. The number of hydrogen-bond acceptors (Lipinski definition) is 2. The topological polar surface area (TPSA) is 41.1 Å². The van der Waals surface area contributed by atoms with Crippen molar-refractivity contribution >= 4 is 16.7 Å². The second-order valence-electron chi connectivity index (χ2n) is 5.39. The highest BCUT2D eigenvalue weighted by atomic mass is 19.3. The lowest BCUT2D eigenvalue weighted by molar-refractivity contribution is -0.123. The van der Waals surface area contributed by atoms with Crippen molar-refractivity contribution in [3.63, 3.8) is 0 Å². The van der Waals surface area contributed by atoms with Crippen LogP contribution in [0, 0.1) is 0 Å². The molecule has 1 fully saturated rings. The molecule has 0 aliphatic carbocycles. The van der Waals surface area contributed by atoms with Gasteiger partial charge in [0.1, 0.15) is 0 Å². The van der Waals surface area contributed by atoms with E-state index in [2.05, 4.69) is 10.6 Å². The van der Waals surface area contributed by atoms with Gasteiger partial charge in [0.25, 0.3) is 5.92 Å². The van der Waals surface area contributed by atoms with Gasteiger partial charge in [0.15, 0.2) is 0 Å². The molecular formula is C16H16F2N2O. The molecule has 1 amide bonds. The maximum atomic E-state index is 13.1. The molecule has 2 N–H and O–H groups in total. The number of carbonyl (C=O) groups is 1. The van der Waals surface area contributed by atoms with Gasteiger partial charge in [0, 0.05) is 13.0 Å². The van der Waals surface area contributed by atoms with Gasteiger partial charge in [0.05, 0.1) is 12.6 Å². The van der Waals surface area contributed by atoms with E-state index in [1.165, 1.54) is 0 Å². The molecule has 1 unspecified atom stereocenters. The van der Waals surface area contributed by atoms with Crippen LogP contribution in [-0.4, -0.2) is 24.4 Å². The number of amides is 1. The summed E-state index contributed by atoms with van der Waals surface area (Å²) in [5.41, 5.74) is 0.951. The van der Waals surface area contributed by atoms with Crippen molar-refractivity contribution in [2.45, 2.75) is 24.9 Å². The number of fused-ring (bicyclic) bond motifs is 1. The predicted octanol–water partition coefficient (Wildman–Crippen LogP) is 2.45. The molecule has 1 aliphatic rings. The molecule has 0 aromatic heterocycles. The first-order chi connectivity index (χ1) is 10.0. The standard InChI is InChI=1S/C16H16F2N2O/c17-16(18)8-14(20-10-16)15(21)19-9-11-5-6-12-3-1-2-4-13(12)7-11/h1-7,14,20H,8-10H2,(H,19,21). The van der Waals surface area contributed by atoms with Crippen molar-refractivity contribution in [1.29, 1.82) is 0 Å². The van der Waals surface area contributed by atoms with E-state index >= 15 is 0 Å². The molecule has 1 heterocycles. The minimum atomic E-state index is -2.79. The Morgan fingerprint density at radius 2 is 2.00 bits per heavy atom. The smallest absolute Gasteiger partial charge is 0.262 e. The number of halogens is 2. The maximum absolute atomic E-state index is 13.1. The zero-order valence-electron chi connectivity index (χ0n) is 11.4.